The second-order valence-electron chi connectivity index (χ2n) is 7.03. The third-order valence-corrected chi connectivity index (χ3v) is 6.05. The van der Waals surface area contributed by atoms with Crippen molar-refractivity contribution < 1.29 is 14.1 Å². The van der Waals surface area contributed by atoms with E-state index in [1.807, 2.05) is 47.9 Å². The quantitative estimate of drug-likeness (QED) is 0.208. The fraction of sp³-hybridized carbons (Fsp3) is 0.136. The van der Waals surface area contributed by atoms with Gasteiger partial charge in [0, 0.05) is 12.1 Å². The second kappa shape index (κ2) is 9.88. The van der Waals surface area contributed by atoms with Gasteiger partial charge in [0.1, 0.15) is 5.76 Å². The minimum Gasteiger partial charge on any atom is -0.469 e. The number of nitro groups is 1. The molecule has 1 amide bonds. The number of halogens is 1. The van der Waals surface area contributed by atoms with E-state index in [0.717, 1.165) is 16.9 Å². The topological polar surface area (TPSA) is 116 Å². The highest BCUT2D eigenvalue weighted by molar-refractivity contribution is 7.99. The molecule has 0 aliphatic rings. The van der Waals surface area contributed by atoms with E-state index in [-0.39, 0.29) is 22.4 Å². The molecule has 2 aromatic carbocycles. The van der Waals surface area contributed by atoms with Gasteiger partial charge in [0.15, 0.2) is 11.0 Å². The van der Waals surface area contributed by atoms with Gasteiger partial charge in [-0.1, -0.05) is 53.7 Å². The fourth-order valence-electron chi connectivity index (χ4n) is 3.16. The summed E-state index contributed by atoms with van der Waals surface area (Å²) in [4.78, 5) is 22.8. The van der Waals surface area contributed by atoms with Crippen molar-refractivity contribution in [2.24, 2.45) is 0 Å². The van der Waals surface area contributed by atoms with E-state index in [1.54, 1.807) is 6.26 Å². The van der Waals surface area contributed by atoms with Crippen molar-refractivity contribution in [2.45, 2.75) is 18.6 Å². The van der Waals surface area contributed by atoms with E-state index >= 15 is 0 Å². The molecule has 168 valence electrons. The number of hydrogen-bond donors (Lipinski definition) is 1. The highest BCUT2D eigenvalue weighted by Crippen LogP contribution is 2.29. The first-order chi connectivity index (χ1) is 15.9. The first kappa shape index (κ1) is 22.6. The number of non-ortho nitro benzene ring substituents is 1. The summed E-state index contributed by atoms with van der Waals surface area (Å²) < 4.78 is 7.36. The van der Waals surface area contributed by atoms with Crippen molar-refractivity contribution >= 4 is 40.6 Å². The maximum atomic E-state index is 12.5. The normalized spacial score (nSPS) is 10.8. The van der Waals surface area contributed by atoms with E-state index in [1.165, 1.54) is 30.0 Å². The van der Waals surface area contributed by atoms with E-state index in [2.05, 4.69) is 15.5 Å². The molecule has 0 atom stereocenters. The second-order valence-corrected chi connectivity index (χ2v) is 8.38. The van der Waals surface area contributed by atoms with Crippen LogP contribution >= 0.6 is 23.4 Å². The van der Waals surface area contributed by atoms with Gasteiger partial charge in [0.25, 0.3) is 5.69 Å². The van der Waals surface area contributed by atoms with E-state index in [4.69, 9.17) is 16.0 Å². The van der Waals surface area contributed by atoms with Gasteiger partial charge < -0.3 is 9.73 Å². The van der Waals surface area contributed by atoms with Crippen LogP contribution in [0.5, 0.6) is 0 Å². The van der Waals surface area contributed by atoms with Crippen LogP contribution in [0.2, 0.25) is 5.02 Å². The molecule has 2 heterocycles. The molecule has 4 aromatic rings. The van der Waals surface area contributed by atoms with Crippen LogP contribution in [0.4, 0.5) is 11.4 Å². The van der Waals surface area contributed by atoms with Crippen molar-refractivity contribution in [3.05, 3.63) is 87.3 Å². The monoisotopic (exact) mass is 483 g/mol. The molecule has 0 aliphatic heterocycles. The Kier molecular flexibility index (Phi) is 6.76. The van der Waals surface area contributed by atoms with Crippen molar-refractivity contribution in [1.82, 2.24) is 14.8 Å². The average molecular weight is 484 g/mol. The van der Waals surface area contributed by atoms with Gasteiger partial charge in [-0.15, -0.1) is 10.2 Å². The number of amides is 1. The molecule has 0 radical (unpaired) electrons. The summed E-state index contributed by atoms with van der Waals surface area (Å²) in [5.74, 6) is 1.08. The standard InChI is InChI=1S/C22H18ClN5O4S/c1-14-17(9-10-32-14)21-25-26-22(27(21)12-15-5-3-2-4-6-15)33-13-20(29)24-19-8-7-16(28(30)31)11-18(19)23/h2-11H,12-13H2,1H3,(H,24,29). The molecule has 0 saturated heterocycles. The van der Waals surface area contributed by atoms with Crippen molar-refractivity contribution in [1.29, 1.82) is 0 Å². The van der Waals surface area contributed by atoms with E-state index in [0.29, 0.717) is 23.2 Å². The Morgan fingerprint density at radius 2 is 2.00 bits per heavy atom. The Morgan fingerprint density at radius 3 is 2.67 bits per heavy atom. The van der Waals surface area contributed by atoms with Crippen LogP contribution in [-0.2, 0) is 11.3 Å². The molecule has 0 aliphatic carbocycles. The molecular weight excluding hydrogens is 466 g/mol. The predicted molar refractivity (Wildman–Crippen MR) is 125 cm³/mol. The molecule has 0 unspecified atom stereocenters. The molecular formula is C22H18ClN5O4S. The Balaban J connectivity index is 1.52. The lowest BCUT2D eigenvalue weighted by molar-refractivity contribution is -0.384. The van der Waals surface area contributed by atoms with Gasteiger partial charge in [-0.05, 0) is 24.6 Å². The number of aryl methyl sites for hydroxylation is 1. The molecule has 0 spiro atoms. The number of benzene rings is 2. The van der Waals surface area contributed by atoms with Crippen LogP contribution in [0.1, 0.15) is 11.3 Å². The molecule has 0 bridgehead atoms. The molecule has 0 saturated carbocycles. The van der Waals surface area contributed by atoms with Crippen molar-refractivity contribution in [3.63, 3.8) is 0 Å². The first-order valence-corrected chi connectivity index (χ1v) is 11.2. The lowest BCUT2D eigenvalue weighted by atomic mass is 10.2. The van der Waals surface area contributed by atoms with Gasteiger partial charge in [0.2, 0.25) is 5.91 Å². The van der Waals surface area contributed by atoms with Crippen molar-refractivity contribution in [3.8, 4) is 11.4 Å². The van der Waals surface area contributed by atoms with Crippen LogP contribution in [0.15, 0.2) is 70.4 Å². The Bertz CT molecular complexity index is 1310. The number of furan rings is 1. The largest absolute Gasteiger partial charge is 0.469 e. The molecule has 33 heavy (non-hydrogen) atoms. The number of thioether (sulfide) groups is 1. The minimum absolute atomic E-state index is 0.0462. The van der Waals surface area contributed by atoms with Crippen LogP contribution in [-0.4, -0.2) is 31.3 Å². The summed E-state index contributed by atoms with van der Waals surface area (Å²) in [5.41, 5.74) is 2.04. The van der Waals surface area contributed by atoms with Gasteiger partial charge in [-0.25, -0.2) is 0 Å². The van der Waals surface area contributed by atoms with Gasteiger partial charge in [-0.2, -0.15) is 0 Å². The van der Waals surface area contributed by atoms with Crippen LogP contribution < -0.4 is 5.32 Å². The maximum absolute atomic E-state index is 12.5. The number of nitrogens with one attached hydrogen (secondary N) is 1. The highest BCUT2D eigenvalue weighted by Gasteiger charge is 2.19. The Morgan fingerprint density at radius 1 is 1.21 bits per heavy atom. The Labute approximate surface area is 197 Å². The third kappa shape index (κ3) is 5.24. The summed E-state index contributed by atoms with van der Waals surface area (Å²) >= 11 is 7.29. The number of nitro benzene ring substituents is 1. The summed E-state index contributed by atoms with van der Waals surface area (Å²) in [6, 6.07) is 15.6. The van der Waals surface area contributed by atoms with Gasteiger partial charge in [0.05, 0.1) is 39.8 Å². The average Bonchev–Trinajstić information content (AvgIpc) is 3.39. The molecule has 9 nitrogen and oxygen atoms in total. The summed E-state index contributed by atoms with van der Waals surface area (Å²) in [5, 5.41) is 22.8. The summed E-state index contributed by atoms with van der Waals surface area (Å²) in [6.45, 7) is 2.37. The van der Waals surface area contributed by atoms with Crippen LogP contribution in [0.3, 0.4) is 0 Å². The molecule has 1 N–H and O–H groups in total. The maximum Gasteiger partial charge on any atom is 0.271 e. The smallest absolute Gasteiger partial charge is 0.271 e. The fourth-order valence-corrected chi connectivity index (χ4v) is 4.12. The number of nitrogens with zero attached hydrogens (tertiary/aromatic N) is 4. The van der Waals surface area contributed by atoms with Crippen LogP contribution in [0.25, 0.3) is 11.4 Å². The zero-order valence-electron chi connectivity index (χ0n) is 17.4. The molecule has 4 rings (SSSR count). The minimum atomic E-state index is -0.549. The Hall–Kier alpha value is -3.63. The van der Waals surface area contributed by atoms with Gasteiger partial charge >= 0.3 is 0 Å². The zero-order chi connectivity index (χ0) is 23.4. The third-order valence-electron chi connectivity index (χ3n) is 4.77. The van der Waals surface area contributed by atoms with Crippen LogP contribution in [0, 0.1) is 17.0 Å². The number of rotatable bonds is 8. The molecule has 0 fully saturated rings. The molecule has 2 aromatic heterocycles. The summed E-state index contributed by atoms with van der Waals surface area (Å²) in [6.07, 6.45) is 1.60. The lowest BCUT2D eigenvalue weighted by Gasteiger charge is -2.10. The van der Waals surface area contributed by atoms with E-state index in [9.17, 15) is 14.9 Å². The number of carbonyl (C=O) groups is 1. The predicted octanol–water partition coefficient (Wildman–Crippen LogP) is 5.19. The number of carbonyl (C=O) groups excluding carboxylic acids is 1. The number of aromatic nitrogens is 3. The number of hydrogen-bond acceptors (Lipinski definition) is 7. The molecule has 11 heteroatoms. The first-order valence-electron chi connectivity index (χ1n) is 9.80. The van der Waals surface area contributed by atoms with E-state index < -0.39 is 4.92 Å². The van der Waals surface area contributed by atoms with Gasteiger partial charge in [-0.3, -0.25) is 19.5 Å². The lowest BCUT2D eigenvalue weighted by Crippen LogP contribution is -2.15. The van der Waals surface area contributed by atoms with Crippen molar-refractivity contribution in [2.75, 3.05) is 11.1 Å². The number of anilines is 1. The highest BCUT2D eigenvalue weighted by atomic mass is 35.5. The summed E-state index contributed by atoms with van der Waals surface area (Å²) in [7, 11) is 0. The zero-order valence-corrected chi connectivity index (χ0v) is 19.0. The SMILES string of the molecule is Cc1occc1-c1nnc(SCC(=O)Nc2ccc([N+](=O)[O-])cc2Cl)n1Cc1ccccc1.